The fraction of sp³-hybridized carbons (Fsp3) is 0.0667. The minimum Gasteiger partial charge on any atom is -0.324 e. The Hall–Kier alpha value is -3.22. The van der Waals surface area contributed by atoms with E-state index in [0.717, 1.165) is 0 Å². The molecule has 0 saturated heterocycles. The van der Waals surface area contributed by atoms with E-state index in [1.165, 1.54) is 23.1 Å². The second kappa shape index (κ2) is 5.28. The van der Waals surface area contributed by atoms with Crippen LogP contribution in [0, 0.1) is 10.1 Å². The van der Waals surface area contributed by atoms with Crippen LogP contribution in [0.4, 0.5) is 22.7 Å². The van der Waals surface area contributed by atoms with Crippen LogP contribution in [-0.2, 0) is 9.59 Å². The van der Waals surface area contributed by atoms with Gasteiger partial charge in [0.05, 0.1) is 16.3 Å². The van der Waals surface area contributed by atoms with Crippen molar-refractivity contribution in [3.05, 3.63) is 58.6 Å². The van der Waals surface area contributed by atoms with E-state index in [1.807, 2.05) is 0 Å². The molecule has 1 aliphatic rings. The van der Waals surface area contributed by atoms with Crippen LogP contribution < -0.4 is 10.2 Å². The molecular weight excluding hydrogens is 286 g/mol. The number of carbonyl (C=O) groups is 2. The Morgan fingerprint density at radius 2 is 1.82 bits per heavy atom. The number of nitro benzene ring substituents is 1. The SMILES string of the molecule is O=C1CC(=O)N(c2ccccc2)c2cc([N+](=O)[O-])ccc2N1. The van der Waals surface area contributed by atoms with E-state index in [9.17, 15) is 19.7 Å². The summed E-state index contributed by atoms with van der Waals surface area (Å²) in [7, 11) is 0. The van der Waals surface area contributed by atoms with Crippen LogP contribution in [0.2, 0.25) is 0 Å². The molecule has 1 N–H and O–H groups in total. The first kappa shape index (κ1) is 13.7. The van der Waals surface area contributed by atoms with Crippen molar-refractivity contribution < 1.29 is 14.5 Å². The fourth-order valence-corrected chi connectivity index (χ4v) is 2.33. The average molecular weight is 297 g/mol. The second-order valence-corrected chi connectivity index (χ2v) is 4.75. The number of carbonyl (C=O) groups excluding carboxylic acids is 2. The zero-order valence-electron chi connectivity index (χ0n) is 11.4. The summed E-state index contributed by atoms with van der Waals surface area (Å²) in [6.07, 6.45) is -0.322. The van der Waals surface area contributed by atoms with E-state index in [4.69, 9.17) is 0 Å². The number of benzene rings is 2. The van der Waals surface area contributed by atoms with E-state index < -0.39 is 16.7 Å². The van der Waals surface area contributed by atoms with E-state index in [-0.39, 0.29) is 17.8 Å². The highest BCUT2D eigenvalue weighted by molar-refractivity contribution is 6.17. The molecule has 0 radical (unpaired) electrons. The lowest BCUT2D eigenvalue weighted by Gasteiger charge is -2.22. The van der Waals surface area contributed by atoms with Gasteiger partial charge in [0.1, 0.15) is 6.42 Å². The van der Waals surface area contributed by atoms with Gasteiger partial charge in [-0.25, -0.2) is 0 Å². The van der Waals surface area contributed by atoms with Crippen LogP contribution >= 0.6 is 0 Å². The van der Waals surface area contributed by atoms with Gasteiger partial charge in [-0.15, -0.1) is 0 Å². The normalized spacial score (nSPS) is 14.1. The summed E-state index contributed by atoms with van der Waals surface area (Å²) in [6, 6.07) is 12.7. The molecule has 0 aliphatic carbocycles. The highest BCUT2D eigenvalue weighted by Crippen LogP contribution is 2.37. The molecule has 2 aromatic carbocycles. The number of hydrogen-bond donors (Lipinski definition) is 1. The standard InChI is InChI=1S/C15H11N3O4/c19-14-9-15(20)17(10-4-2-1-3-5-10)13-8-11(18(21)22)6-7-12(13)16-14/h1-8H,9H2,(H,16,19). The molecule has 7 heteroatoms. The lowest BCUT2D eigenvalue weighted by molar-refractivity contribution is -0.384. The van der Waals surface area contributed by atoms with Gasteiger partial charge in [0.2, 0.25) is 11.8 Å². The third-order valence-corrected chi connectivity index (χ3v) is 3.28. The first-order valence-electron chi connectivity index (χ1n) is 6.52. The first-order valence-corrected chi connectivity index (χ1v) is 6.52. The van der Waals surface area contributed by atoms with Gasteiger partial charge in [-0.2, -0.15) is 0 Å². The molecule has 0 saturated carbocycles. The molecular formula is C15H11N3O4. The predicted octanol–water partition coefficient (Wildman–Crippen LogP) is 2.60. The Labute approximate surface area is 125 Å². The monoisotopic (exact) mass is 297 g/mol. The number of nitrogens with zero attached hydrogens (tertiary/aromatic N) is 2. The van der Waals surface area contributed by atoms with E-state index in [1.54, 1.807) is 30.3 Å². The maximum absolute atomic E-state index is 12.4. The van der Waals surface area contributed by atoms with Gasteiger partial charge in [0.15, 0.2) is 0 Å². The highest BCUT2D eigenvalue weighted by Gasteiger charge is 2.28. The van der Waals surface area contributed by atoms with Crippen LogP contribution in [0.3, 0.4) is 0 Å². The number of non-ortho nitro benzene ring substituents is 1. The van der Waals surface area contributed by atoms with Crippen LogP contribution in [0.25, 0.3) is 0 Å². The van der Waals surface area contributed by atoms with Crippen molar-refractivity contribution in [3.63, 3.8) is 0 Å². The summed E-state index contributed by atoms with van der Waals surface area (Å²) >= 11 is 0. The molecule has 1 aliphatic heterocycles. The molecule has 2 amide bonds. The van der Waals surface area contributed by atoms with Crippen molar-refractivity contribution in [3.8, 4) is 0 Å². The maximum Gasteiger partial charge on any atom is 0.271 e. The highest BCUT2D eigenvalue weighted by atomic mass is 16.6. The molecule has 110 valence electrons. The number of rotatable bonds is 2. The van der Waals surface area contributed by atoms with Crippen LogP contribution in [0.15, 0.2) is 48.5 Å². The molecule has 0 aromatic heterocycles. The zero-order valence-corrected chi connectivity index (χ0v) is 11.4. The van der Waals surface area contributed by atoms with Gasteiger partial charge in [0, 0.05) is 17.8 Å². The molecule has 0 atom stereocenters. The molecule has 3 rings (SSSR count). The minimum absolute atomic E-state index is 0.149. The number of para-hydroxylation sites is 1. The quantitative estimate of drug-likeness (QED) is 0.524. The number of nitrogens with one attached hydrogen (secondary N) is 1. The smallest absolute Gasteiger partial charge is 0.271 e. The number of nitro groups is 1. The van der Waals surface area contributed by atoms with Gasteiger partial charge in [-0.05, 0) is 18.2 Å². The average Bonchev–Trinajstić information content (AvgIpc) is 2.61. The third kappa shape index (κ3) is 2.39. The Bertz CT molecular complexity index is 774. The molecule has 0 fully saturated rings. The third-order valence-electron chi connectivity index (χ3n) is 3.28. The van der Waals surface area contributed by atoms with Crippen molar-refractivity contribution in [2.24, 2.45) is 0 Å². The van der Waals surface area contributed by atoms with Gasteiger partial charge in [0.25, 0.3) is 5.69 Å². The van der Waals surface area contributed by atoms with Gasteiger partial charge < -0.3 is 5.32 Å². The van der Waals surface area contributed by atoms with Gasteiger partial charge >= 0.3 is 0 Å². The number of fused-ring (bicyclic) bond motifs is 1. The van der Waals surface area contributed by atoms with Crippen LogP contribution in [-0.4, -0.2) is 16.7 Å². The molecule has 1 heterocycles. The summed E-state index contributed by atoms with van der Waals surface area (Å²) < 4.78 is 0. The summed E-state index contributed by atoms with van der Waals surface area (Å²) in [6.45, 7) is 0. The Morgan fingerprint density at radius 3 is 2.50 bits per heavy atom. The molecule has 0 bridgehead atoms. The lowest BCUT2D eigenvalue weighted by Crippen LogP contribution is -2.26. The Kier molecular flexibility index (Phi) is 3.30. The molecule has 7 nitrogen and oxygen atoms in total. The first-order chi connectivity index (χ1) is 10.6. The van der Waals surface area contributed by atoms with Crippen molar-refractivity contribution in [1.82, 2.24) is 0 Å². The zero-order chi connectivity index (χ0) is 15.7. The van der Waals surface area contributed by atoms with E-state index in [0.29, 0.717) is 11.4 Å². The molecule has 2 aromatic rings. The van der Waals surface area contributed by atoms with Crippen LogP contribution in [0.1, 0.15) is 6.42 Å². The van der Waals surface area contributed by atoms with Crippen molar-refractivity contribution in [2.75, 3.05) is 10.2 Å². The summed E-state index contributed by atoms with van der Waals surface area (Å²) in [5, 5.41) is 13.6. The minimum atomic E-state index is -0.541. The van der Waals surface area contributed by atoms with E-state index in [2.05, 4.69) is 5.32 Å². The molecule has 0 spiro atoms. The van der Waals surface area contributed by atoms with Gasteiger partial charge in [-0.3, -0.25) is 24.6 Å². The number of anilines is 3. The largest absolute Gasteiger partial charge is 0.324 e. The van der Waals surface area contributed by atoms with Crippen LogP contribution in [0.5, 0.6) is 0 Å². The molecule has 0 unspecified atom stereocenters. The predicted molar refractivity (Wildman–Crippen MR) is 79.9 cm³/mol. The number of amides is 2. The fourth-order valence-electron chi connectivity index (χ4n) is 2.33. The second-order valence-electron chi connectivity index (χ2n) is 4.75. The Morgan fingerprint density at radius 1 is 1.09 bits per heavy atom. The van der Waals surface area contributed by atoms with Crippen molar-refractivity contribution in [2.45, 2.75) is 6.42 Å². The molecule has 22 heavy (non-hydrogen) atoms. The topological polar surface area (TPSA) is 92.5 Å². The Balaban J connectivity index is 2.21. The summed E-state index contributed by atoms with van der Waals surface area (Å²) in [5.74, 6) is -0.888. The van der Waals surface area contributed by atoms with Crippen molar-refractivity contribution >= 4 is 34.6 Å². The van der Waals surface area contributed by atoms with Crippen molar-refractivity contribution in [1.29, 1.82) is 0 Å². The summed E-state index contributed by atoms with van der Waals surface area (Å²) in [5.41, 5.74) is 1.05. The number of hydrogen-bond acceptors (Lipinski definition) is 4. The maximum atomic E-state index is 12.4. The van der Waals surface area contributed by atoms with E-state index >= 15 is 0 Å². The summed E-state index contributed by atoms with van der Waals surface area (Å²) in [4.78, 5) is 35.9. The lowest BCUT2D eigenvalue weighted by atomic mass is 10.2. The van der Waals surface area contributed by atoms with Gasteiger partial charge in [-0.1, -0.05) is 18.2 Å².